The second kappa shape index (κ2) is 5.55. The molecule has 0 saturated carbocycles. The highest BCUT2D eigenvalue weighted by Crippen LogP contribution is 2.26. The maximum atomic E-state index is 6.13. The second-order valence-electron chi connectivity index (χ2n) is 3.60. The number of benzene rings is 1. The molecule has 0 fully saturated rings. The number of anilines is 2. The molecule has 0 radical (unpaired) electrons. The molecule has 1 aromatic heterocycles. The van der Waals surface area contributed by atoms with Gasteiger partial charge in [0.2, 0.25) is 0 Å². The van der Waals surface area contributed by atoms with E-state index >= 15 is 0 Å². The average Bonchev–Trinajstić information content (AvgIpc) is 2.37. The van der Waals surface area contributed by atoms with E-state index < -0.39 is 0 Å². The molecule has 0 unspecified atom stereocenters. The third-order valence-electron chi connectivity index (χ3n) is 2.43. The summed E-state index contributed by atoms with van der Waals surface area (Å²) in [6, 6.07) is 7.17. The van der Waals surface area contributed by atoms with E-state index in [4.69, 9.17) is 22.1 Å². The average molecular weight is 265 g/mol. The summed E-state index contributed by atoms with van der Waals surface area (Å²) in [5.41, 5.74) is 6.45. The fourth-order valence-corrected chi connectivity index (χ4v) is 1.78. The predicted octanol–water partition coefficient (Wildman–Crippen LogP) is 2.33. The standard InChI is InChI=1S/C12H13ClN4O/c1-18-10-4-2-3-9(13)8(10)6-15-12-5-11(14)16-7-17-12/h2-5,7H,6H2,1H3,(H3,14,15,16,17). The number of methoxy groups -OCH3 is 1. The number of nitrogens with zero attached hydrogens (tertiary/aromatic N) is 2. The van der Waals surface area contributed by atoms with Crippen LogP contribution >= 0.6 is 11.6 Å². The van der Waals surface area contributed by atoms with Crippen LogP contribution < -0.4 is 15.8 Å². The summed E-state index contributed by atoms with van der Waals surface area (Å²) in [6.45, 7) is 0.499. The van der Waals surface area contributed by atoms with Gasteiger partial charge in [-0.1, -0.05) is 17.7 Å². The van der Waals surface area contributed by atoms with Crippen molar-refractivity contribution in [2.75, 3.05) is 18.2 Å². The second-order valence-corrected chi connectivity index (χ2v) is 4.01. The molecule has 0 bridgehead atoms. The zero-order valence-corrected chi connectivity index (χ0v) is 10.6. The van der Waals surface area contributed by atoms with Crippen LogP contribution in [0.2, 0.25) is 5.02 Å². The molecular weight excluding hydrogens is 252 g/mol. The van der Waals surface area contributed by atoms with Crippen LogP contribution in [-0.4, -0.2) is 17.1 Å². The number of nitrogen functional groups attached to an aromatic ring is 1. The van der Waals surface area contributed by atoms with Crippen molar-refractivity contribution in [3.8, 4) is 5.75 Å². The van der Waals surface area contributed by atoms with E-state index in [-0.39, 0.29) is 0 Å². The van der Waals surface area contributed by atoms with E-state index in [9.17, 15) is 0 Å². The van der Waals surface area contributed by atoms with Crippen LogP contribution in [0, 0.1) is 0 Å². The SMILES string of the molecule is COc1cccc(Cl)c1CNc1cc(N)ncn1. The minimum Gasteiger partial charge on any atom is -0.496 e. The lowest BCUT2D eigenvalue weighted by Crippen LogP contribution is -2.05. The van der Waals surface area contributed by atoms with E-state index in [0.29, 0.717) is 23.2 Å². The number of hydrogen-bond acceptors (Lipinski definition) is 5. The van der Waals surface area contributed by atoms with Crippen LogP contribution in [0.25, 0.3) is 0 Å². The van der Waals surface area contributed by atoms with Gasteiger partial charge in [-0.25, -0.2) is 9.97 Å². The normalized spacial score (nSPS) is 10.1. The third kappa shape index (κ3) is 2.81. The van der Waals surface area contributed by atoms with Crippen LogP contribution in [0.3, 0.4) is 0 Å². The summed E-state index contributed by atoms with van der Waals surface area (Å²) in [6.07, 6.45) is 1.40. The lowest BCUT2D eigenvalue weighted by atomic mass is 10.2. The maximum Gasteiger partial charge on any atom is 0.131 e. The molecule has 0 aliphatic rings. The molecular formula is C12H13ClN4O. The summed E-state index contributed by atoms with van der Waals surface area (Å²) in [4.78, 5) is 7.88. The Bertz CT molecular complexity index is 547. The summed E-state index contributed by atoms with van der Waals surface area (Å²) in [5, 5.41) is 3.76. The van der Waals surface area contributed by atoms with Crippen molar-refractivity contribution in [1.29, 1.82) is 0 Å². The molecule has 0 aliphatic heterocycles. The van der Waals surface area contributed by atoms with Crippen molar-refractivity contribution in [2.45, 2.75) is 6.54 Å². The molecule has 0 aliphatic carbocycles. The number of nitrogens with one attached hydrogen (secondary N) is 1. The molecule has 6 heteroatoms. The molecule has 2 rings (SSSR count). The van der Waals surface area contributed by atoms with E-state index in [0.717, 1.165) is 11.3 Å². The van der Waals surface area contributed by atoms with Gasteiger partial charge < -0.3 is 15.8 Å². The Hall–Kier alpha value is -2.01. The van der Waals surface area contributed by atoms with E-state index in [1.54, 1.807) is 13.2 Å². The van der Waals surface area contributed by atoms with Crippen molar-refractivity contribution >= 4 is 23.2 Å². The molecule has 1 heterocycles. The largest absolute Gasteiger partial charge is 0.496 e. The highest BCUT2D eigenvalue weighted by Gasteiger charge is 2.07. The Kier molecular flexibility index (Phi) is 3.84. The Morgan fingerprint density at radius 2 is 2.22 bits per heavy atom. The lowest BCUT2D eigenvalue weighted by Gasteiger charge is -2.11. The smallest absolute Gasteiger partial charge is 0.131 e. The molecule has 5 nitrogen and oxygen atoms in total. The quantitative estimate of drug-likeness (QED) is 0.887. The molecule has 2 aromatic rings. The fourth-order valence-electron chi connectivity index (χ4n) is 1.55. The number of rotatable bonds is 4. The van der Waals surface area contributed by atoms with Crippen molar-refractivity contribution in [1.82, 2.24) is 9.97 Å². The predicted molar refractivity (Wildman–Crippen MR) is 71.8 cm³/mol. The van der Waals surface area contributed by atoms with Crippen LogP contribution in [-0.2, 0) is 6.54 Å². The molecule has 18 heavy (non-hydrogen) atoms. The number of halogens is 1. The minimum absolute atomic E-state index is 0.415. The van der Waals surface area contributed by atoms with Gasteiger partial charge in [-0.05, 0) is 12.1 Å². The van der Waals surface area contributed by atoms with Gasteiger partial charge in [0, 0.05) is 23.2 Å². The minimum atomic E-state index is 0.415. The van der Waals surface area contributed by atoms with Gasteiger partial charge in [0.25, 0.3) is 0 Å². The zero-order valence-electron chi connectivity index (χ0n) is 9.85. The first-order valence-corrected chi connectivity index (χ1v) is 5.71. The Labute approximate surface area is 110 Å². The van der Waals surface area contributed by atoms with Crippen LogP contribution in [0.4, 0.5) is 11.6 Å². The van der Waals surface area contributed by atoms with Crippen LogP contribution in [0.1, 0.15) is 5.56 Å². The maximum absolute atomic E-state index is 6.13. The first-order chi connectivity index (χ1) is 8.70. The van der Waals surface area contributed by atoms with E-state index in [1.165, 1.54) is 6.33 Å². The first-order valence-electron chi connectivity index (χ1n) is 5.33. The van der Waals surface area contributed by atoms with Crippen molar-refractivity contribution in [2.24, 2.45) is 0 Å². The van der Waals surface area contributed by atoms with Gasteiger partial charge >= 0.3 is 0 Å². The number of hydrogen-bond donors (Lipinski definition) is 2. The van der Waals surface area contributed by atoms with Gasteiger partial charge in [0.05, 0.1) is 7.11 Å². The summed E-state index contributed by atoms with van der Waals surface area (Å²) in [5.74, 6) is 1.79. The Morgan fingerprint density at radius 3 is 2.94 bits per heavy atom. The summed E-state index contributed by atoms with van der Waals surface area (Å²) < 4.78 is 5.26. The number of ether oxygens (including phenoxy) is 1. The van der Waals surface area contributed by atoms with E-state index in [1.807, 2.05) is 18.2 Å². The van der Waals surface area contributed by atoms with Gasteiger partial charge in [0.1, 0.15) is 23.7 Å². The molecule has 0 amide bonds. The highest BCUT2D eigenvalue weighted by molar-refractivity contribution is 6.31. The van der Waals surface area contributed by atoms with Crippen molar-refractivity contribution < 1.29 is 4.74 Å². The fraction of sp³-hybridized carbons (Fsp3) is 0.167. The monoisotopic (exact) mass is 264 g/mol. The summed E-state index contributed by atoms with van der Waals surface area (Å²) in [7, 11) is 1.61. The van der Waals surface area contributed by atoms with Crippen molar-refractivity contribution in [3.63, 3.8) is 0 Å². The molecule has 0 spiro atoms. The number of nitrogens with two attached hydrogens (primary N) is 1. The Morgan fingerprint density at radius 1 is 1.39 bits per heavy atom. The first kappa shape index (κ1) is 12.4. The topological polar surface area (TPSA) is 73.1 Å². The van der Waals surface area contributed by atoms with Gasteiger partial charge in [-0.15, -0.1) is 0 Å². The number of aromatic nitrogens is 2. The van der Waals surface area contributed by atoms with Gasteiger partial charge in [-0.2, -0.15) is 0 Å². The third-order valence-corrected chi connectivity index (χ3v) is 2.78. The molecule has 1 aromatic carbocycles. The van der Waals surface area contributed by atoms with Crippen LogP contribution in [0.15, 0.2) is 30.6 Å². The van der Waals surface area contributed by atoms with Crippen LogP contribution in [0.5, 0.6) is 5.75 Å². The summed E-state index contributed by atoms with van der Waals surface area (Å²) >= 11 is 6.13. The highest BCUT2D eigenvalue weighted by atomic mass is 35.5. The molecule has 3 N–H and O–H groups in total. The molecule has 0 saturated heterocycles. The molecule has 0 atom stereocenters. The zero-order chi connectivity index (χ0) is 13.0. The Balaban J connectivity index is 2.15. The van der Waals surface area contributed by atoms with Crippen molar-refractivity contribution in [3.05, 3.63) is 41.2 Å². The molecule has 94 valence electrons. The van der Waals surface area contributed by atoms with Gasteiger partial charge in [-0.3, -0.25) is 0 Å². The van der Waals surface area contributed by atoms with E-state index in [2.05, 4.69) is 15.3 Å². The van der Waals surface area contributed by atoms with Gasteiger partial charge in [0.15, 0.2) is 0 Å². The lowest BCUT2D eigenvalue weighted by molar-refractivity contribution is 0.410.